The molecule has 0 atom stereocenters. The molecule has 3 rings (SSSR count). The van der Waals surface area contributed by atoms with Gasteiger partial charge < -0.3 is 4.57 Å². The van der Waals surface area contributed by atoms with Crippen LogP contribution in [0.1, 0.15) is 11.3 Å². The highest BCUT2D eigenvalue weighted by Crippen LogP contribution is 2.27. The first-order valence-electron chi connectivity index (χ1n) is 7.43. The predicted molar refractivity (Wildman–Crippen MR) is 98.5 cm³/mol. The van der Waals surface area contributed by atoms with Crippen LogP contribution in [0, 0.1) is 6.92 Å². The summed E-state index contributed by atoms with van der Waals surface area (Å²) in [5, 5.41) is 5.93. The molecule has 3 aromatic rings. The van der Waals surface area contributed by atoms with Gasteiger partial charge in [-0.2, -0.15) is 13.5 Å². The standard InChI is InChI=1S/C16H15ClN4O4S/c1-10-13(4-6-15(22)19-26(23,24)25)16(20(2)18-10)21-8-7-11-9-12(17)3-5-14(11)21/h3-9H,1-2H3,(H,19,22)(H,23,24,25)/b6-4+. The lowest BCUT2D eigenvalue weighted by molar-refractivity contribution is -0.114. The molecule has 8 nitrogen and oxygen atoms in total. The van der Waals surface area contributed by atoms with Crippen LogP contribution in [-0.2, 0) is 22.1 Å². The van der Waals surface area contributed by atoms with Gasteiger partial charge in [-0.15, -0.1) is 0 Å². The number of hydrogen-bond donors (Lipinski definition) is 2. The Kier molecular flexibility index (Phi) is 4.61. The number of aromatic nitrogens is 3. The Bertz CT molecular complexity index is 1140. The molecule has 10 heteroatoms. The van der Waals surface area contributed by atoms with Gasteiger partial charge in [-0.25, -0.2) is 4.72 Å². The summed E-state index contributed by atoms with van der Waals surface area (Å²) in [5.74, 6) is -0.276. The highest BCUT2D eigenvalue weighted by molar-refractivity contribution is 7.84. The smallest absolute Gasteiger partial charge is 0.301 e. The van der Waals surface area contributed by atoms with E-state index in [0.717, 1.165) is 17.0 Å². The number of nitrogens with zero attached hydrogens (tertiary/aromatic N) is 3. The summed E-state index contributed by atoms with van der Waals surface area (Å²) in [7, 11) is -2.84. The summed E-state index contributed by atoms with van der Waals surface area (Å²) in [5.41, 5.74) is 2.18. The topological polar surface area (TPSA) is 106 Å². The minimum atomic E-state index is -4.61. The van der Waals surface area contributed by atoms with Crippen LogP contribution in [0.3, 0.4) is 0 Å². The number of rotatable bonds is 4. The lowest BCUT2D eigenvalue weighted by Gasteiger charge is -2.08. The van der Waals surface area contributed by atoms with E-state index in [1.54, 1.807) is 24.7 Å². The number of halogens is 1. The van der Waals surface area contributed by atoms with E-state index in [1.807, 2.05) is 29.0 Å². The van der Waals surface area contributed by atoms with Crippen LogP contribution in [0.4, 0.5) is 0 Å². The second kappa shape index (κ2) is 6.60. The molecule has 0 aliphatic heterocycles. The SMILES string of the molecule is Cc1nn(C)c(-n2ccc3cc(Cl)ccc32)c1/C=C/C(=O)NS(=O)(=O)O. The molecule has 0 unspecified atom stereocenters. The molecule has 2 heterocycles. The van der Waals surface area contributed by atoms with Crippen LogP contribution in [0.2, 0.25) is 5.02 Å². The van der Waals surface area contributed by atoms with Crippen molar-refractivity contribution in [2.75, 3.05) is 0 Å². The van der Waals surface area contributed by atoms with E-state index in [0.29, 0.717) is 22.1 Å². The Morgan fingerprint density at radius 1 is 1.35 bits per heavy atom. The first kappa shape index (κ1) is 18.2. The second-order valence-electron chi connectivity index (χ2n) is 5.61. The lowest BCUT2D eigenvalue weighted by atomic mass is 10.2. The van der Waals surface area contributed by atoms with Crippen molar-refractivity contribution in [3.05, 3.63) is 52.8 Å². The van der Waals surface area contributed by atoms with E-state index >= 15 is 0 Å². The zero-order valence-corrected chi connectivity index (χ0v) is 15.4. The van der Waals surface area contributed by atoms with Crippen LogP contribution in [0.25, 0.3) is 22.8 Å². The molecular weight excluding hydrogens is 380 g/mol. The van der Waals surface area contributed by atoms with Gasteiger partial charge in [-0.1, -0.05) is 11.6 Å². The highest BCUT2D eigenvalue weighted by atomic mass is 35.5. The molecule has 2 N–H and O–H groups in total. The fourth-order valence-electron chi connectivity index (χ4n) is 2.76. The summed E-state index contributed by atoms with van der Waals surface area (Å²) >= 11 is 6.03. The fraction of sp³-hybridized carbons (Fsp3) is 0.125. The Balaban J connectivity index is 2.07. The molecule has 136 valence electrons. The molecule has 0 bridgehead atoms. The van der Waals surface area contributed by atoms with Crippen molar-refractivity contribution in [2.24, 2.45) is 7.05 Å². The minimum absolute atomic E-state index is 0.624. The van der Waals surface area contributed by atoms with Gasteiger partial charge in [0.2, 0.25) is 0 Å². The van der Waals surface area contributed by atoms with Crippen molar-refractivity contribution in [3.63, 3.8) is 0 Å². The largest absolute Gasteiger partial charge is 0.359 e. The van der Waals surface area contributed by atoms with Crippen LogP contribution < -0.4 is 4.72 Å². The van der Waals surface area contributed by atoms with Crippen molar-refractivity contribution >= 4 is 44.8 Å². The van der Waals surface area contributed by atoms with E-state index < -0.39 is 16.2 Å². The Morgan fingerprint density at radius 3 is 2.77 bits per heavy atom. The van der Waals surface area contributed by atoms with Crippen molar-refractivity contribution in [1.29, 1.82) is 0 Å². The summed E-state index contributed by atoms with van der Waals surface area (Å²) in [6.45, 7) is 1.77. The van der Waals surface area contributed by atoms with Crippen LogP contribution in [0.15, 0.2) is 36.5 Å². The molecule has 1 amide bonds. The monoisotopic (exact) mass is 394 g/mol. The average molecular weight is 395 g/mol. The van der Waals surface area contributed by atoms with E-state index in [1.165, 1.54) is 10.8 Å². The maximum absolute atomic E-state index is 11.6. The van der Waals surface area contributed by atoms with E-state index in [4.69, 9.17) is 16.2 Å². The molecule has 1 aromatic carbocycles. The van der Waals surface area contributed by atoms with Gasteiger partial charge in [0.25, 0.3) is 5.91 Å². The normalized spacial score (nSPS) is 12.2. The summed E-state index contributed by atoms with van der Waals surface area (Å²) < 4.78 is 35.1. The van der Waals surface area contributed by atoms with Gasteiger partial charge in [0, 0.05) is 35.3 Å². The number of benzene rings is 1. The van der Waals surface area contributed by atoms with E-state index in [2.05, 4.69) is 5.10 Å². The molecule has 0 saturated heterocycles. The molecule has 0 fully saturated rings. The highest BCUT2D eigenvalue weighted by Gasteiger charge is 2.16. The third-order valence-corrected chi connectivity index (χ3v) is 4.44. The lowest BCUT2D eigenvalue weighted by Crippen LogP contribution is -2.27. The first-order chi connectivity index (χ1) is 12.2. The minimum Gasteiger partial charge on any atom is -0.301 e. The molecular formula is C16H15ClN4O4S. The third-order valence-electron chi connectivity index (χ3n) is 3.75. The van der Waals surface area contributed by atoms with Crippen molar-refractivity contribution in [1.82, 2.24) is 19.1 Å². The van der Waals surface area contributed by atoms with Gasteiger partial charge in [0.1, 0.15) is 5.82 Å². The third kappa shape index (κ3) is 3.64. The van der Waals surface area contributed by atoms with Crippen molar-refractivity contribution in [2.45, 2.75) is 6.92 Å². The quantitative estimate of drug-likeness (QED) is 0.521. The van der Waals surface area contributed by atoms with Crippen LogP contribution >= 0.6 is 11.6 Å². The van der Waals surface area contributed by atoms with E-state index in [9.17, 15) is 13.2 Å². The molecule has 0 aliphatic rings. The molecule has 0 aliphatic carbocycles. The zero-order chi connectivity index (χ0) is 19.1. The first-order valence-corrected chi connectivity index (χ1v) is 9.25. The predicted octanol–water partition coefficient (Wildman–Crippen LogP) is 2.26. The average Bonchev–Trinajstić information content (AvgIpc) is 3.03. The number of amides is 1. The van der Waals surface area contributed by atoms with Crippen LogP contribution in [0.5, 0.6) is 0 Å². The summed E-state index contributed by atoms with van der Waals surface area (Å²) in [4.78, 5) is 11.6. The molecule has 26 heavy (non-hydrogen) atoms. The van der Waals surface area contributed by atoms with Crippen molar-refractivity contribution < 1.29 is 17.8 Å². The molecule has 0 spiro atoms. The second-order valence-corrected chi connectivity index (χ2v) is 7.20. The molecule has 0 radical (unpaired) electrons. The number of hydrogen-bond acceptors (Lipinski definition) is 4. The van der Waals surface area contributed by atoms with Crippen LogP contribution in [-0.4, -0.2) is 33.2 Å². The van der Waals surface area contributed by atoms with E-state index in [-0.39, 0.29) is 0 Å². The molecule has 0 saturated carbocycles. The Hall–Kier alpha value is -2.62. The summed E-state index contributed by atoms with van der Waals surface area (Å²) in [6, 6.07) is 7.39. The Morgan fingerprint density at radius 2 is 2.08 bits per heavy atom. The molecule has 2 aromatic heterocycles. The fourth-order valence-corrected chi connectivity index (χ4v) is 3.26. The Labute approximate surface area is 154 Å². The van der Waals surface area contributed by atoms with Gasteiger partial charge in [0.05, 0.1) is 11.2 Å². The summed E-state index contributed by atoms with van der Waals surface area (Å²) in [6.07, 6.45) is 4.32. The number of fused-ring (bicyclic) bond motifs is 1. The van der Waals surface area contributed by atoms with Gasteiger partial charge >= 0.3 is 10.3 Å². The number of carbonyl (C=O) groups is 1. The number of nitrogens with one attached hydrogen (secondary N) is 1. The van der Waals surface area contributed by atoms with Gasteiger partial charge in [-0.3, -0.25) is 14.0 Å². The number of carbonyl (C=O) groups excluding carboxylic acids is 1. The van der Waals surface area contributed by atoms with Gasteiger partial charge in [-0.05, 0) is 37.3 Å². The maximum atomic E-state index is 11.6. The number of aryl methyl sites for hydroxylation is 2. The maximum Gasteiger partial charge on any atom is 0.359 e. The van der Waals surface area contributed by atoms with Crippen molar-refractivity contribution in [3.8, 4) is 5.82 Å². The van der Waals surface area contributed by atoms with Gasteiger partial charge in [0.15, 0.2) is 0 Å². The zero-order valence-electron chi connectivity index (χ0n) is 13.8.